The van der Waals surface area contributed by atoms with E-state index in [-0.39, 0.29) is 5.78 Å². The summed E-state index contributed by atoms with van der Waals surface area (Å²) in [6.07, 6.45) is 8.98. The van der Waals surface area contributed by atoms with Gasteiger partial charge < -0.3 is 10.8 Å². The number of carbonyl (C=O) groups excluding carboxylic acids is 1. The molecule has 0 aromatic carbocycles. The van der Waals surface area contributed by atoms with Crippen LogP contribution in [0.4, 0.5) is 0 Å². The van der Waals surface area contributed by atoms with Crippen LogP contribution in [0.1, 0.15) is 51.4 Å². The lowest BCUT2D eigenvalue weighted by atomic mass is 9.96. The zero-order valence-electron chi connectivity index (χ0n) is 11.1. The van der Waals surface area contributed by atoms with Crippen LogP contribution in [0.15, 0.2) is 12.7 Å². The van der Waals surface area contributed by atoms with Crippen molar-refractivity contribution in [1.29, 1.82) is 0 Å². The monoisotopic (exact) mass is 255 g/mol. The van der Waals surface area contributed by atoms with Crippen molar-refractivity contribution in [3.05, 3.63) is 12.7 Å². The molecule has 3 N–H and O–H groups in total. The molecular formula is C14H25NO3. The van der Waals surface area contributed by atoms with E-state index in [2.05, 4.69) is 6.58 Å². The van der Waals surface area contributed by atoms with Gasteiger partial charge in [0.2, 0.25) is 0 Å². The molecular weight excluding hydrogens is 230 g/mol. The summed E-state index contributed by atoms with van der Waals surface area (Å²) in [6.45, 7) is 4.08. The molecule has 0 aliphatic carbocycles. The third-order valence-electron chi connectivity index (χ3n) is 3.04. The Morgan fingerprint density at radius 1 is 1.06 bits per heavy atom. The largest absolute Gasteiger partial charge is 0.481 e. The van der Waals surface area contributed by atoms with Crippen LogP contribution in [0.5, 0.6) is 0 Å². The van der Waals surface area contributed by atoms with Crippen LogP contribution in [0.2, 0.25) is 0 Å². The van der Waals surface area contributed by atoms with Crippen molar-refractivity contribution in [3.8, 4) is 0 Å². The first-order valence-electron chi connectivity index (χ1n) is 6.72. The van der Waals surface area contributed by atoms with Gasteiger partial charge in [0.05, 0.1) is 0 Å². The maximum absolute atomic E-state index is 11.3. The van der Waals surface area contributed by atoms with Crippen molar-refractivity contribution in [2.24, 2.45) is 11.7 Å². The van der Waals surface area contributed by atoms with Crippen molar-refractivity contribution < 1.29 is 14.7 Å². The molecule has 1 atom stereocenters. The van der Waals surface area contributed by atoms with Gasteiger partial charge in [-0.15, -0.1) is 0 Å². The molecule has 0 aromatic heterocycles. The van der Waals surface area contributed by atoms with Crippen LogP contribution in [0.3, 0.4) is 0 Å². The van der Waals surface area contributed by atoms with E-state index >= 15 is 0 Å². The molecule has 18 heavy (non-hydrogen) atoms. The summed E-state index contributed by atoms with van der Waals surface area (Å²) in [5.74, 6) is -2.33. The molecule has 0 heterocycles. The third kappa shape index (κ3) is 8.01. The van der Waals surface area contributed by atoms with Crippen LogP contribution >= 0.6 is 0 Å². The van der Waals surface area contributed by atoms with Gasteiger partial charge in [-0.1, -0.05) is 45.1 Å². The molecule has 0 amide bonds. The maximum atomic E-state index is 11.3. The van der Waals surface area contributed by atoms with E-state index in [1.165, 1.54) is 12.8 Å². The number of carboxylic acids is 1. The second kappa shape index (κ2) is 11.0. The number of hydrogen-bond donors (Lipinski definition) is 2. The number of ketones is 1. The molecule has 0 aliphatic rings. The quantitative estimate of drug-likeness (QED) is 0.319. The normalized spacial score (nSPS) is 12.1. The van der Waals surface area contributed by atoms with Gasteiger partial charge in [-0.3, -0.25) is 9.59 Å². The summed E-state index contributed by atoms with van der Waals surface area (Å²) >= 11 is 0. The lowest BCUT2D eigenvalue weighted by Gasteiger charge is -2.08. The Labute approximate surface area is 109 Å². The number of carboxylic acid groups (broad SMARTS) is 1. The number of carbonyl (C=O) groups is 2. The van der Waals surface area contributed by atoms with Crippen LogP contribution in [-0.2, 0) is 9.59 Å². The molecule has 4 heteroatoms. The molecule has 0 spiro atoms. The van der Waals surface area contributed by atoms with E-state index in [0.717, 1.165) is 44.7 Å². The standard InChI is InChI=1S/C14H25NO3/c1-2-13(16)12(14(17)18)10-8-6-4-3-5-7-9-11-15/h2,12H,1,3-11,15H2,(H,17,18). The predicted octanol–water partition coefficient (Wildman–Crippen LogP) is 2.52. The average Bonchev–Trinajstić information content (AvgIpc) is 2.35. The van der Waals surface area contributed by atoms with E-state index in [4.69, 9.17) is 10.8 Å². The first-order valence-corrected chi connectivity index (χ1v) is 6.72. The Bertz CT molecular complexity index is 264. The van der Waals surface area contributed by atoms with Gasteiger partial charge >= 0.3 is 5.97 Å². The third-order valence-corrected chi connectivity index (χ3v) is 3.04. The van der Waals surface area contributed by atoms with Crippen molar-refractivity contribution in [2.75, 3.05) is 6.54 Å². The molecule has 1 unspecified atom stereocenters. The van der Waals surface area contributed by atoms with Crippen LogP contribution in [0, 0.1) is 5.92 Å². The Hall–Kier alpha value is -1.16. The molecule has 104 valence electrons. The minimum atomic E-state index is -1.04. The van der Waals surface area contributed by atoms with Gasteiger partial charge in [0.1, 0.15) is 5.92 Å². The van der Waals surface area contributed by atoms with Crippen molar-refractivity contribution in [2.45, 2.75) is 51.4 Å². The summed E-state index contributed by atoms with van der Waals surface area (Å²) in [5, 5.41) is 8.89. The summed E-state index contributed by atoms with van der Waals surface area (Å²) in [5.41, 5.74) is 5.40. The number of unbranched alkanes of at least 4 members (excludes halogenated alkanes) is 6. The highest BCUT2D eigenvalue weighted by Crippen LogP contribution is 2.14. The first-order chi connectivity index (χ1) is 8.63. The Morgan fingerprint density at radius 3 is 2.00 bits per heavy atom. The topological polar surface area (TPSA) is 80.4 Å². The highest BCUT2D eigenvalue weighted by molar-refractivity contribution is 6.03. The molecule has 0 saturated carbocycles. The van der Waals surface area contributed by atoms with Gasteiger partial charge in [0.25, 0.3) is 0 Å². The van der Waals surface area contributed by atoms with E-state index < -0.39 is 11.9 Å². The van der Waals surface area contributed by atoms with Gasteiger partial charge in [0, 0.05) is 0 Å². The number of nitrogens with two attached hydrogens (primary N) is 1. The minimum absolute atomic E-state index is 0.384. The Kier molecular flexibility index (Phi) is 10.3. The van der Waals surface area contributed by atoms with E-state index in [1.54, 1.807) is 0 Å². The minimum Gasteiger partial charge on any atom is -0.481 e. The molecule has 0 saturated heterocycles. The van der Waals surface area contributed by atoms with Gasteiger partial charge in [-0.2, -0.15) is 0 Å². The molecule has 4 nitrogen and oxygen atoms in total. The number of aliphatic carboxylic acids is 1. The molecule has 0 aliphatic heterocycles. The Morgan fingerprint density at radius 2 is 1.56 bits per heavy atom. The van der Waals surface area contributed by atoms with E-state index in [0.29, 0.717) is 6.42 Å². The SMILES string of the molecule is C=CC(=O)C(CCCCCCCCCN)C(=O)O. The van der Waals surface area contributed by atoms with Crippen LogP contribution in [0.25, 0.3) is 0 Å². The van der Waals surface area contributed by atoms with Gasteiger partial charge in [0.15, 0.2) is 5.78 Å². The average molecular weight is 255 g/mol. The molecule has 0 bridgehead atoms. The fourth-order valence-corrected chi connectivity index (χ4v) is 1.91. The fourth-order valence-electron chi connectivity index (χ4n) is 1.91. The maximum Gasteiger partial charge on any atom is 0.314 e. The zero-order chi connectivity index (χ0) is 13.8. The van der Waals surface area contributed by atoms with Crippen molar-refractivity contribution in [3.63, 3.8) is 0 Å². The second-order valence-electron chi connectivity index (χ2n) is 4.55. The number of hydrogen-bond acceptors (Lipinski definition) is 3. The number of allylic oxidation sites excluding steroid dienone is 1. The zero-order valence-corrected chi connectivity index (χ0v) is 11.1. The highest BCUT2D eigenvalue weighted by atomic mass is 16.4. The summed E-state index contributed by atoms with van der Waals surface area (Å²) in [7, 11) is 0. The summed E-state index contributed by atoms with van der Waals surface area (Å²) in [4.78, 5) is 22.1. The van der Waals surface area contributed by atoms with Crippen molar-refractivity contribution >= 4 is 11.8 Å². The Balaban J connectivity index is 3.59. The summed E-state index contributed by atoms with van der Waals surface area (Å²) < 4.78 is 0. The van der Waals surface area contributed by atoms with Crippen LogP contribution in [-0.4, -0.2) is 23.4 Å². The fraction of sp³-hybridized carbons (Fsp3) is 0.714. The van der Waals surface area contributed by atoms with Gasteiger partial charge in [-0.05, 0) is 25.5 Å². The summed E-state index contributed by atoms with van der Waals surface area (Å²) in [6, 6.07) is 0. The van der Waals surface area contributed by atoms with Gasteiger partial charge in [-0.25, -0.2) is 0 Å². The molecule has 0 rings (SSSR count). The lowest BCUT2D eigenvalue weighted by Crippen LogP contribution is -2.21. The first kappa shape index (κ1) is 16.8. The lowest BCUT2D eigenvalue weighted by molar-refractivity contribution is -0.145. The highest BCUT2D eigenvalue weighted by Gasteiger charge is 2.22. The predicted molar refractivity (Wildman–Crippen MR) is 72.3 cm³/mol. The van der Waals surface area contributed by atoms with E-state index in [9.17, 15) is 9.59 Å². The molecule has 0 aromatic rings. The number of rotatable bonds is 12. The smallest absolute Gasteiger partial charge is 0.314 e. The molecule has 0 fully saturated rings. The molecule has 0 radical (unpaired) electrons. The second-order valence-corrected chi connectivity index (χ2v) is 4.55. The van der Waals surface area contributed by atoms with Crippen molar-refractivity contribution in [1.82, 2.24) is 0 Å². The van der Waals surface area contributed by atoms with E-state index in [1.807, 2.05) is 0 Å². The van der Waals surface area contributed by atoms with Crippen LogP contribution < -0.4 is 5.73 Å².